The lowest BCUT2D eigenvalue weighted by Gasteiger charge is -1.98. The molecule has 1 heterocycles. The molecule has 0 bridgehead atoms. The molecule has 1 N–H and O–H groups in total. The molecule has 0 atom stereocenters. The Morgan fingerprint density at radius 3 is 2.63 bits per heavy atom. The van der Waals surface area contributed by atoms with Crippen molar-refractivity contribution >= 4 is 16.9 Å². The van der Waals surface area contributed by atoms with Crippen molar-refractivity contribution < 1.29 is 14.4 Å². The highest BCUT2D eigenvalue weighted by Crippen LogP contribution is 2.30. The van der Waals surface area contributed by atoms with Gasteiger partial charge >= 0.3 is 5.97 Å². The van der Waals surface area contributed by atoms with Crippen LogP contribution in [-0.4, -0.2) is 16.2 Å². The summed E-state index contributed by atoms with van der Waals surface area (Å²) in [5.74, 6) is -0.209. The predicted molar refractivity (Wildman–Crippen MR) is 70.8 cm³/mol. The van der Waals surface area contributed by atoms with Crippen LogP contribution in [0.1, 0.15) is 5.56 Å². The van der Waals surface area contributed by atoms with Gasteiger partial charge in [0.15, 0.2) is 5.76 Å². The summed E-state index contributed by atoms with van der Waals surface area (Å²) >= 11 is 0. The predicted octanol–water partition coefficient (Wildman–Crippen LogP) is 3.12. The van der Waals surface area contributed by atoms with Gasteiger partial charge < -0.3 is 9.63 Å². The Bertz CT molecular complexity index is 731. The van der Waals surface area contributed by atoms with E-state index in [1.807, 2.05) is 42.5 Å². The topological polar surface area (TPSA) is 63.3 Å². The Morgan fingerprint density at radius 1 is 1.11 bits per heavy atom. The zero-order chi connectivity index (χ0) is 13.2. The van der Waals surface area contributed by atoms with Crippen LogP contribution >= 0.6 is 0 Å². The van der Waals surface area contributed by atoms with Gasteiger partial charge in [-0.05, 0) is 11.6 Å². The average Bonchev–Trinajstić information content (AvgIpc) is 2.84. The molecule has 0 aliphatic rings. The van der Waals surface area contributed by atoms with Gasteiger partial charge in [0.1, 0.15) is 5.52 Å². The maximum Gasteiger partial charge on any atom is 0.307 e. The molecule has 0 saturated heterocycles. The van der Waals surface area contributed by atoms with Crippen LogP contribution in [0.4, 0.5) is 0 Å². The van der Waals surface area contributed by atoms with E-state index >= 15 is 0 Å². The Kier molecular flexibility index (Phi) is 2.76. The number of fused-ring (bicyclic) bond motifs is 1. The minimum atomic E-state index is -0.878. The normalized spacial score (nSPS) is 10.7. The van der Waals surface area contributed by atoms with E-state index in [1.165, 1.54) is 0 Å². The molecule has 0 fully saturated rings. The Labute approximate surface area is 109 Å². The van der Waals surface area contributed by atoms with Crippen LogP contribution in [0.3, 0.4) is 0 Å². The van der Waals surface area contributed by atoms with Crippen LogP contribution in [0.5, 0.6) is 0 Å². The van der Waals surface area contributed by atoms with Gasteiger partial charge in [0, 0.05) is 5.56 Å². The van der Waals surface area contributed by atoms with Crippen molar-refractivity contribution in [3.05, 3.63) is 54.1 Å². The molecule has 0 amide bonds. The van der Waals surface area contributed by atoms with Gasteiger partial charge in [-0.1, -0.05) is 47.6 Å². The summed E-state index contributed by atoms with van der Waals surface area (Å²) in [5.41, 5.74) is 2.21. The Morgan fingerprint density at radius 2 is 1.89 bits per heavy atom. The molecule has 19 heavy (non-hydrogen) atoms. The first kappa shape index (κ1) is 11.5. The van der Waals surface area contributed by atoms with Crippen LogP contribution in [-0.2, 0) is 11.2 Å². The molecule has 2 aromatic carbocycles. The van der Waals surface area contributed by atoms with Crippen LogP contribution in [0.2, 0.25) is 0 Å². The lowest BCUT2D eigenvalue weighted by molar-refractivity contribution is -0.136. The van der Waals surface area contributed by atoms with Crippen molar-refractivity contribution in [2.24, 2.45) is 0 Å². The van der Waals surface area contributed by atoms with Crippen LogP contribution in [0, 0.1) is 0 Å². The first-order chi connectivity index (χ1) is 9.25. The second kappa shape index (κ2) is 4.57. The molecule has 0 aliphatic heterocycles. The van der Waals surface area contributed by atoms with Crippen molar-refractivity contribution in [2.75, 3.05) is 0 Å². The molecule has 3 aromatic rings. The number of rotatable bonds is 3. The first-order valence-corrected chi connectivity index (χ1v) is 5.90. The summed E-state index contributed by atoms with van der Waals surface area (Å²) < 4.78 is 5.38. The van der Waals surface area contributed by atoms with E-state index in [1.54, 1.807) is 6.07 Å². The van der Waals surface area contributed by atoms with Gasteiger partial charge in [0.05, 0.1) is 11.8 Å². The average molecular weight is 253 g/mol. The van der Waals surface area contributed by atoms with E-state index in [4.69, 9.17) is 9.63 Å². The second-order valence-corrected chi connectivity index (χ2v) is 4.26. The summed E-state index contributed by atoms with van der Waals surface area (Å²) in [7, 11) is 0. The Hall–Kier alpha value is -2.62. The maximum atomic E-state index is 10.8. The van der Waals surface area contributed by atoms with E-state index in [9.17, 15) is 4.79 Å². The fourth-order valence-corrected chi connectivity index (χ4v) is 2.13. The first-order valence-electron chi connectivity index (χ1n) is 5.90. The van der Waals surface area contributed by atoms with Crippen LogP contribution in [0.25, 0.3) is 22.2 Å². The minimum absolute atomic E-state index is 0.0574. The van der Waals surface area contributed by atoms with Crippen molar-refractivity contribution in [3.63, 3.8) is 0 Å². The van der Waals surface area contributed by atoms with Gasteiger partial charge in [-0.3, -0.25) is 4.79 Å². The molecule has 4 nitrogen and oxygen atoms in total. The van der Waals surface area contributed by atoms with Crippen molar-refractivity contribution in [2.45, 2.75) is 6.42 Å². The molecular weight excluding hydrogens is 242 g/mol. The summed E-state index contributed by atoms with van der Waals surface area (Å²) in [6.45, 7) is 0. The van der Waals surface area contributed by atoms with Crippen molar-refractivity contribution in [1.82, 2.24) is 5.16 Å². The van der Waals surface area contributed by atoms with Crippen LogP contribution in [0.15, 0.2) is 53.1 Å². The molecule has 0 aliphatic carbocycles. The molecular formula is C15H11NO3. The highest BCUT2D eigenvalue weighted by Gasteiger charge is 2.14. The summed E-state index contributed by atoms with van der Waals surface area (Å²) in [4.78, 5) is 10.8. The SMILES string of the molecule is O=C(O)Cc1cccc2c(-c3ccccc3)onc12. The number of carboxylic acid groups (broad SMARTS) is 1. The molecule has 3 rings (SSSR count). The largest absolute Gasteiger partial charge is 0.481 e. The summed E-state index contributed by atoms with van der Waals surface area (Å²) in [6.07, 6.45) is -0.0574. The van der Waals surface area contributed by atoms with E-state index in [2.05, 4.69) is 5.16 Å². The number of benzene rings is 2. The molecule has 4 heteroatoms. The van der Waals surface area contributed by atoms with E-state index in [0.29, 0.717) is 16.8 Å². The number of carboxylic acids is 1. The highest BCUT2D eigenvalue weighted by atomic mass is 16.5. The van der Waals surface area contributed by atoms with Crippen molar-refractivity contribution in [1.29, 1.82) is 0 Å². The number of aromatic nitrogens is 1. The van der Waals surface area contributed by atoms with Gasteiger partial charge in [-0.25, -0.2) is 0 Å². The lowest BCUT2D eigenvalue weighted by Crippen LogP contribution is -2.00. The number of carbonyl (C=O) groups is 1. The summed E-state index contributed by atoms with van der Waals surface area (Å²) in [6, 6.07) is 15.1. The third kappa shape index (κ3) is 2.08. The highest BCUT2D eigenvalue weighted by molar-refractivity contribution is 5.94. The molecule has 0 unspecified atom stereocenters. The standard InChI is InChI=1S/C15H11NO3/c17-13(18)9-11-7-4-8-12-14(11)16-19-15(12)10-5-2-1-3-6-10/h1-8H,9H2,(H,17,18). The second-order valence-electron chi connectivity index (χ2n) is 4.26. The third-order valence-corrected chi connectivity index (χ3v) is 2.97. The zero-order valence-electron chi connectivity index (χ0n) is 10.0. The minimum Gasteiger partial charge on any atom is -0.481 e. The fraction of sp³-hybridized carbons (Fsp3) is 0.0667. The van der Waals surface area contributed by atoms with Crippen molar-refractivity contribution in [3.8, 4) is 11.3 Å². The van der Waals surface area contributed by atoms with E-state index < -0.39 is 5.97 Å². The number of nitrogens with zero attached hydrogens (tertiary/aromatic N) is 1. The third-order valence-electron chi connectivity index (χ3n) is 2.97. The number of hydrogen-bond donors (Lipinski definition) is 1. The molecule has 1 aromatic heterocycles. The fourth-order valence-electron chi connectivity index (χ4n) is 2.13. The molecule has 0 radical (unpaired) electrons. The van der Waals surface area contributed by atoms with Gasteiger partial charge in [-0.2, -0.15) is 0 Å². The number of hydrogen-bond acceptors (Lipinski definition) is 3. The van der Waals surface area contributed by atoms with E-state index in [-0.39, 0.29) is 6.42 Å². The molecule has 94 valence electrons. The van der Waals surface area contributed by atoms with Gasteiger partial charge in [0.2, 0.25) is 0 Å². The van der Waals surface area contributed by atoms with E-state index in [0.717, 1.165) is 10.9 Å². The quantitative estimate of drug-likeness (QED) is 0.778. The van der Waals surface area contributed by atoms with Gasteiger partial charge in [-0.15, -0.1) is 0 Å². The van der Waals surface area contributed by atoms with Gasteiger partial charge in [0.25, 0.3) is 0 Å². The monoisotopic (exact) mass is 253 g/mol. The summed E-state index contributed by atoms with van der Waals surface area (Å²) in [5, 5.41) is 13.7. The zero-order valence-corrected chi connectivity index (χ0v) is 10.0. The maximum absolute atomic E-state index is 10.8. The molecule has 0 spiro atoms. The Balaban J connectivity index is 2.17. The smallest absolute Gasteiger partial charge is 0.307 e. The number of aliphatic carboxylic acids is 1. The van der Waals surface area contributed by atoms with Crippen LogP contribution < -0.4 is 0 Å². The molecule has 0 saturated carbocycles. The lowest BCUT2D eigenvalue weighted by atomic mass is 10.0.